The molecule has 0 amide bonds. The molecule has 0 bridgehead atoms. The van der Waals surface area contributed by atoms with Crippen molar-refractivity contribution in [1.82, 2.24) is 0 Å². The van der Waals surface area contributed by atoms with E-state index in [9.17, 15) is 9.59 Å². The molecule has 0 unspecified atom stereocenters. The van der Waals surface area contributed by atoms with Gasteiger partial charge in [0.15, 0.2) is 0 Å². The lowest BCUT2D eigenvalue weighted by Crippen LogP contribution is -1.59. The first-order chi connectivity index (χ1) is 2.91. The number of aldehydes is 1. The van der Waals surface area contributed by atoms with Crippen molar-refractivity contribution in [3.63, 3.8) is 0 Å². The minimum Gasteiger partial charge on any atom is -0.299 e. The van der Waals surface area contributed by atoms with E-state index in [1.165, 1.54) is 6.29 Å². The number of rotatable bonds is 2. The Balaban J connectivity index is 3.17. The maximum absolute atomic E-state index is 9.30. The first-order valence-corrected chi connectivity index (χ1v) is 1.40. The van der Waals surface area contributed by atoms with Crippen molar-refractivity contribution in [2.75, 3.05) is 0 Å². The molecule has 0 spiro atoms. The highest BCUT2D eigenvalue weighted by atomic mass is 16.1. The third kappa shape index (κ3) is 3.08. The van der Waals surface area contributed by atoms with Gasteiger partial charge in [-0.2, -0.15) is 0 Å². The molecule has 0 N–H and O–H groups in total. The number of carbonyl (C=O) groups is 1. The van der Waals surface area contributed by atoms with E-state index in [-0.39, 0.29) is 0 Å². The lowest BCUT2D eigenvalue weighted by Gasteiger charge is -1.50. The molecule has 0 atom stereocenters. The van der Waals surface area contributed by atoms with E-state index in [1.54, 1.807) is 0 Å². The van der Waals surface area contributed by atoms with E-state index >= 15 is 0 Å². The minimum atomic E-state index is 0.519. The molecular weight excluding hydrogens is 80.0 g/mol. The Labute approximate surface area is 35.5 Å². The Morgan fingerprint density at radius 1 is 1.50 bits per heavy atom. The summed E-state index contributed by atoms with van der Waals surface area (Å²) in [4.78, 5) is 18.5. The first-order valence-electron chi connectivity index (χ1n) is 1.40. The van der Waals surface area contributed by atoms with E-state index in [4.69, 9.17) is 0 Å². The lowest BCUT2D eigenvalue weighted by atomic mass is 10.6. The highest BCUT2D eigenvalue weighted by Gasteiger charge is 1.58. The van der Waals surface area contributed by atoms with Gasteiger partial charge in [0.05, 0.1) is 0 Å². The molecule has 0 aliphatic heterocycles. The molecule has 6 heavy (non-hydrogen) atoms. The van der Waals surface area contributed by atoms with Crippen LogP contribution >= 0.6 is 0 Å². The largest absolute Gasteiger partial charge is 0.299 e. The smallest absolute Gasteiger partial charge is 0.225 e. The molecule has 0 aromatic carbocycles. The zero-order chi connectivity index (χ0) is 4.83. The highest BCUT2D eigenvalue weighted by molar-refractivity contribution is 5.75. The van der Waals surface area contributed by atoms with Crippen LogP contribution in [0.15, 0.2) is 12.2 Å². The van der Waals surface area contributed by atoms with E-state index in [0.29, 0.717) is 6.29 Å². The Morgan fingerprint density at radius 3 is 2.33 bits per heavy atom. The molecule has 0 fully saturated rings. The van der Waals surface area contributed by atoms with Crippen molar-refractivity contribution >= 4 is 12.6 Å². The van der Waals surface area contributed by atoms with Gasteiger partial charge < -0.3 is 0 Å². The Hall–Kier alpha value is -0.920. The number of hydrogen-bond acceptors (Lipinski definition) is 2. The number of carbonyl (C=O) groups excluding carboxylic acids is 2. The topological polar surface area (TPSA) is 34.1 Å². The van der Waals surface area contributed by atoms with E-state index in [1.807, 2.05) is 0 Å². The van der Waals surface area contributed by atoms with E-state index < -0.39 is 0 Å². The van der Waals surface area contributed by atoms with Crippen LogP contribution in [-0.4, -0.2) is 12.6 Å². The standard InChI is InChI=1S/C4H3O2/c5-3-1-2-4-6/h1-3H. The molecule has 0 saturated carbocycles. The van der Waals surface area contributed by atoms with Gasteiger partial charge in [0.2, 0.25) is 6.29 Å². The van der Waals surface area contributed by atoms with Gasteiger partial charge in [-0.25, -0.2) is 0 Å². The third-order valence-electron chi connectivity index (χ3n) is 0.243. The molecule has 2 nitrogen and oxygen atoms in total. The maximum Gasteiger partial charge on any atom is 0.225 e. The fourth-order valence-corrected chi connectivity index (χ4v) is 0.0786. The quantitative estimate of drug-likeness (QED) is 0.343. The summed E-state index contributed by atoms with van der Waals surface area (Å²) in [5.74, 6) is 0. The normalized spacial score (nSPS) is 8.67. The van der Waals surface area contributed by atoms with Gasteiger partial charge in [-0.05, 0) is 12.2 Å². The van der Waals surface area contributed by atoms with Gasteiger partial charge >= 0.3 is 0 Å². The summed E-state index contributed by atoms with van der Waals surface area (Å²) in [6, 6.07) is 0. The molecule has 0 saturated heterocycles. The van der Waals surface area contributed by atoms with Gasteiger partial charge in [-0.15, -0.1) is 0 Å². The minimum absolute atomic E-state index is 0.519. The van der Waals surface area contributed by atoms with Crippen molar-refractivity contribution in [3.8, 4) is 0 Å². The summed E-state index contributed by atoms with van der Waals surface area (Å²) in [5.41, 5.74) is 0. The molecule has 0 heterocycles. The van der Waals surface area contributed by atoms with Crippen LogP contribution in [0, 0.1) is 0 Å². The molecular formula is C4H3O2. The zero-order valence-corrected chi connectivity index (χ0v) is 3.05. The Kier molecular flexibility index (Phi) is 3.45. The average molecular weight is 83.1 g/mol. The molecule has 0 rings (SSSR count). The monoisotopic (exact) mass is 83.0 g/mol. The maximum atomic E-state index is 9.30. The fourth-order valence-electron chi connectivity index (χ4n) is 0.0786. The van der Waals surface area contributed by atoms with Crippen molar-refractivity contribution in [2.45, 2.75) is 0 Å². The van der Waals surface area contributed by atoms with Gasteiger partial charge in [-0.3, -0.25) is 9.59 Å². The number of allylic oxidation sites excluding steroid dienone is 2. The van der Waals surface area contributed by atoms with Crippen molar-refractivity contribution < 1.29 is 9.59 Å². The summed E-state index contributed by atoms with van der Waals surface area (Å²) in [7, 11) is 0. The van der Waals surface area contributed by atoms with Crippen molar-refractivity contribution in [2.24, 2.45) is 0 Å². The molecule has 2 heteroatoms. The van der Waals surface area contributed by atoms with Crippen LogP contribution in [-0.2, 0) is 9.59 Å². The predicted molar refractivity (Wildman–Crippen MR) is 20.9 cm³/mol. The van der Waals surface area contributed by atoms with Crippen LogP contribution < -0.4 is 0 Å². The zero-order valence-electron chi connectivity index (χ0n) is 3.05. The highest BCUT2D eigenvalue weighted by Crippen LogP contribution is 1.53. The van der Waals surface area contributed by atoms with Crippen LogP contribution in [0.1, 0.15) is 0 Å². The van der Waals surface area contributed by atoms with Crippen molar-refractivity contribution in [1.29, 1.82) is 0 Å². The average Bonchev–Trinajstić information content (AvgIpc) is 1.61. The molecule has 0 aliphatic rings. The molecule has 0 aliphatic carbocycles. The fraction of sp³-hybridized carbons (Fsp3) is 0. The summed E-state index contributed by atoms with van der Waals surface area (Å²) in [5, 5.41) is 0. The first kappa shape index (κ1) is 5.08. The Bertz CT molecular complexity index is 63.6. The van der Waals surface area contributed by atoms with Gasteiger partial charge in [0.1, 0.15) is 6.29 Å². The summed E-state index contributed by atoms with van der Waals surface area (Å²) < 4.78 is 0. The van der Waals surface area contributed by atoms with Crippen LogP contribution in [0.25, 0.3) is 0 Å². The molecule has 1 radical (unpaired) electrons. The van der Waals surface area contributed by atoms with Crippen LogP contribution in [0.5, 0.6) is 0 Å². The summed E-state index contributed by atoms with van der Waals surface area (Å²) in [6.45, 7) is 0. The second kappa shape index (κ2) is 4.08. The SMILES string of the molecule is O=[C]C=CC=O. The van der Waals surface area contributed by atoms with Crippen LogP contribution in [0.2, 0.25) is 0 Å². The number of hydrogen-bond donors (Lipinski definition) is 0. The molecule has 0 aromatic rings. The second-order valence-corrected chi connectivity index (χ2v) is 0.613. The van der Waals surface area contributed by atoms with E-state index in [2.05, 4.69) is 0 Å². The summed E-state index contributed by atoms with van der Waals surface area (Å²) >= 11 is 0. The lowest BCUT2D eigenvalue weighted by molar-refractivity contribution is -0.104. The third-order valence-corrected chi connectivity index (χ3v) is 0.243. The Morgan fingerprint density at radius 2 is 2.17 bits per heavy atom. The van der Waals surface area contributed by atoms with Crippen molar-refractivity contribution in [3.05, 3.63) is 12.2 Å². The van der Waals surface area contributed by atoms with Gasteiger partial charge in [0.25, 0.3) is 0 Å². The second-order valence-electron chi connectivity index (χ2n) is 0.613. The predicted octanol–water partition coefficient (Wildman–Crippen LogP) is -0.149. The van der Waals surface area contributed by atoms with Gasteiger partial charge in [-0.1, -0.05) is 0 Å². The van der Waals surface area contributed by atoms with E-state index in [0.717, 1.165) is 12.2 Å². The van der Waals surface area contributed by atoms with Crippen LogP contribution in [0.4, 0.5) is 0 Å². The van der Waals surface area contributed by atoms with Gasteiger partial charge in [0, 0.05) is 0 Å². The molecule has 0 aromatic heterocycles. The summed E-state index contributed by atoms with van der Waals surface area (Å²) in [6.07, 6.45) is 4.01. The van der Waals surface area contributed by atoms with Crippen LogP contribution in [0.3, 0.4) is 0 Å². The molecule has 31 valence electrons.